The van der Waals surface area contributed by atoms with Gasteiger partial charge < -0.3 is 9.30 Å². The zero-order chi connectivity index (χ0) is 22.2. The van der Waals surface area contributed by atoms with Gasteiger partial charge in [-0.25, -0.2) is 4.98 Å². The number of allylic oxidation sites excluding steroid dienone is 7. The normalized spacial score (nSPS) is 24.3. The third-order valence-electron chi connectivity index (χ3n) is 6.71. The van der Waals surface area contributed by atoms with E-state index in [1.807, 2.05) is 31.3 Å². The summed E-state index contributed by atoms with van der Waals surface area (Å²) in [5.74, 6) is 0.505. The lowest BCUT2D eigenvalue weighted by molar-refractivity contribution is -0.122. The van der Waals surface area contributed by atoms with E-state index in [9.17, 15) is 4.79 Å². The first-order valence-electron chi connectivity index (χ1n) is 11.5. The summed E-state index contributed by atoms with van der Waals surface area (Å²) in [4.78, 5) is 22.2. The second-order valence-electron chi connectivity index (χ2n) is 9.02. The molecule has 0 radical (unpaired) electrons. The molecule has 0 aliphatic carbocycles. The van der Waals surface area contributed by atoms with Gasteiger partial charge in [0.2, 0.25) is 0 Å². The molecule has 0 atom stereocenters. The van der Waals surface area contributed by atoms with E-state index in [1.165, 1.54) is 11.1 Å². The first-order chi connectivity index (χ1) is 15.5. The summed E-state index contributed by atoms with van der Waals surface area (Å²) >= 11 is 0. The number of carbonyl (C=O) groups excluding carboxylic acids is 1. The minimum Gasteiger partial charge on any atom is -0.306 e. The molecule has 3 aliphatic heterocycles. The van der Waals surface area contributed by atoms with Crippen molar-refractivity contribution in [1.29, 1.82) is 0 Å². The maximum Gasteiger partial charge on any atom is 0.255 e. The summed E-state index contributed by atoms with van der Waals surface area (Å²) in [6, 6.07) is 2.16. The number of nitrogens with zero attached hydrogens (tertiary/aromatic N) is 4. The molecular weight excluding hydrogens is 396 g/mol. The summed E-state index contributed by atoms with van der Waals surface area (Å²) in [6.07, 6.45) is 21.4. The Morgan fingerprint density at radius 1 is 1.12 bits per heavy atom. The van der Waals surface area contributed by atoms with Crippen LogP contribution in [0.3, 0.4) is 0 Å². The first kappa shape index (κ1) is 20.7. The van der Waals surface area contributed by atoms with Crippen molar-refractivity contribution in [3.05, 3.63) is 89.2 Å². The number of amides is 1. The van der Waals surface area contributed by atoms with Crippen molar-refractivity contribution >= 4 is 17.1 Å². The van der Waals surface area contributed by atoms with Gasteiger partial charge in [0.15, 0.2) is 0 Å². The van der Waals surface area contributed by atoms with Crippen molar-refractivity contribution in [2.45, 2.75) is 33.1 Å². The van der Waals surface area contributed by atoms with Crippen molar-refractivity contribution in [1.82, 2.24) is 19.2 Å². The Morgan fingerprint density at radius 3 is 2.72 bits per heavy atom. The van der Waals surface area contributed by atoms with Gasteiger partial charge in [0.1, 0.15) is 5.65 Å². The molecule has 0 spiro atoms. The van der Waals surface area contributed by atoms with E-state index in [0.717, 1.165) is 60.5 Å². The molecular formula is C27H30N4O. The lowest BCUT2D eigenvalue weighted by Gasteiger charge is -2.32. The second-order valence-corrected chi connectivity index (χ2v) is 9.02. The summed E-state index contributed by atoms with van der Waals surface area (Å²) in [5.41, 5.74) is 7.28. The Morgan fingerprint density at radius 2 is 1.94 bits per heavy atom. The van der Waals surface area contributed by atoms with Crippen LogP contribution in [0.1, 0.15) is 36.6 Å². The van der Waals surface area contributed by atoms with Crippen LogP contribution in [-0.2, 0) is 11.2 Å². The SMILES string of the molecule is CCc1cc(C2=C\C(=O)N3C=C(C4CCN(C)CC4)C=C\C3=C/C=C/2)cn2cc(C)nc12. The average molecular weight is 427 g/mol. The molecule has 2 aromatic heterocycles. The Balaban J connectivity index is 1.49. The molecule has 1 saturated heterocycles. The third-order valence-corrected chi connectivity index (χ3v) is 6.71. The van der Waals surface area contributed by atoms with Crippen LogP contribution in [0.5, 0.6) is 0 Å². The molecule has 0 N–H and O–H groups in total. The van der Waals surface area contributed by atoms with Crippen LogP contribution >= 0.6 is 0 Å². The Kier molecular flexibility index (Phi) is 5.43. The number of imidazole rings is 1. The maximum absolute atomic E-state index is 13.4. The van der Waals surface area contributed by atoms with Crippen LogP contribution < -0.4 is 0 Å². The molecule has 5 nitrogen and oxygen atoms in total. The molecule has 5 rings (SSSR count). The van der Waals surface area contributed by atoms with Crippen LogP contribution in [-0.4, -0.2) is 45.2 Å². The number of carbonyl (C=O) groups is 1. The van der Waals surface area contributed by atoms with Crippen LogP contribution in [0.15, 0.2) is 72.4 Å². The molecule has 0 bridgehead atoms. The summed E-state index contributed by atoms with van der Waals surface area (Å²) < 4.78 is 2.07. The van der Waals surface area contributed by atoms with Gasteiger partial charge in [0.05, 0.1) is 5.69 Å². The third kappa shape index (κ3) is 3.89. The molecule has 164 valence electrons. The van der Waals surface area contributed by atoms with E-state index in [1.54, 1.807) is 11.0 Å². The van der Waals surface area contributed by atoms with Crippen molar-refractivity contribution in [2.75, 3.05) is 20.1 Å². The highest BCUT2D eigenvalue weighted by Crippen LogP contribution is 2.31. The Bertz CT molecular complexity index is 1220. The maximum atomic E-state index is 13.4. The zero-order valence-electron chi connectivity index (χ0n) is 19.1. The van der Waals surface area contributed by atoms with Crippen molar-refractivity contribution in [3.63, 3.8) is 0 Å². The fourth-order valence-electron chi connectivity index (χ4n) is 4.83. The average Bonchev–Trinajstić information content (AvgIpc) is 3.17. The molecule has 5 heterocycles. The lowest BCUT2D eigenvalue weighted by atomic mass is 9.88. The quantitative estimate of drug-likeness (QED) is 0.716. The Labute approximate surface area is 189 Å². The van der Waals surface area contributed by atoms with Crippen LogP contribution in [0.25, 0.3) is 11.2 Å². The van der Waals surface area contributed by atoms with E-state index in [-0.39, 0.29) is 5.91 Å². The van der Waals surface area contributed by atoms with Crippen molar-refractivity contribution in [2.24, 2.45) is 5.92 Å². The molecule has 1 fully saturated rings. The minimum atomic E-state index is -0.00895. The standard InChI is InChI=1S/C27H30N4O/c1-4-20-14-24(17-30-16-19(2)28-27(20)30)22-6-5-7-25-9-8-23(18-31(25)26(32)15-22)21-10-12-29(3)13-11-21/h5-9,14-18,21H,4,10-13H2,1-3H3/b6-5+,22-15+,25-7+. The lowest BCUT2D eigenvalue weighted by Crippen LogP contribution is -2.32. The topological polar surface area (TPSA) is 40.9 Å². The summed E-state index contributed by atoms with van der Waals surface area (Å²) in [6.45, 7) is 6.36. The molecule has 5 heteroatoms. The number of hydrogen-bond donors (Lipinski definition) is 0. The highest BCUT2D eigenvalue weighted by Gasteiger charge is 2.24. The van der Waals surface area contributed by atoms with Crippen LogP contribution in [0.2, 0.25) is 0 Å². The van der Waals surface area contributed by atoms with Gasteiger partial charge in [-0.2, -0.15) is 0 Å². The van der Waals surface area contributed by atoms with Gasteiger partial charge >= 0.3 is 0 Å². The van der Waals surface area contributed by atoms with Crippen molar-refractivity contribution < 1.29 is 4.79 Å². The van der Waals surface area contributed by atoms with E-state index in [0.29, 0.717) is 5.92 Å². The fraction of sp³-hybridized carbons (Fsp3) is 0.333. The highest BCUT2D eigenvalue weighted by atomic mass is 16.2. The van der Waals surface area contributed by atoms with Gasteiger partial charge in [0.25, 0.3) is 5.91 Å². The van der Waals surface area contributed by atoms with Crippen molar-refractivity contribution in [3.8, 4) is 0 Å². The van der Waals surface area contributed by atoms with E-state index < -0.39 is 0 Å². The zero-order valence-corrected chi connectivity index (χ0v) is 19.1. The van der Waals surface area contributed by atoms with Gasteiger partial charge in [-0.1, -0.05) is 25.2 Å². The monoisotopic (exact) mass is 426 g/mol. The molecule has 0 unspecified atom stereocenters. The van der Waals surface area contributed by atoms with Gasteiger partial charge in [-0.15, -0.1) is 0 Å². The van der Waals surface area contributed by atoms with Crippen LogP contribution in [0, 0.1) is 12.8 Å². The van der Waals surface area contributed by atoms with E-state index in [2.05, 4.69) is 58.9 Å². The fourth-order valence-corrected chi connectivity index (χ4v) is 4.83. The summed E-state index contributed by atoms with van der Waals surface area (Å²) in [5, 5.41) is 0. The molecule has 1 amide bonds. The van der Waals surface area contributed by atoms with Gasteiger partial charge in [-0.05, 0) is 92.7 Å². The van der Waals surface area contributed by atoms with E-state index >= 15 is 0 Å². The number of hydrogen-bond acceptors (Lipinski definition) is 3. The minimum absolute atomic E-state index is 0.00895. The summed E-state index contributed by atoms with van der Waals surface area (Å²) in [7, 11) is 2.18. The predicted molar refractivity (Wildman–Crippen MR) is 129 cm³/mol. The largest absolute Gasteiger partial charge is 0.306 e. The number of pyridine rings is 1. The molecule has 2 aromatic rings. The highest BCUT2D eigenvalue weighted by molar-refractivity contribution is 6.00. The number of piperidine rings is 1. The number of aromatic nitrogens is 2. The predicted octanol–water partition coefficient (Wildman–Crippen LogP) is 4.67. The molecule has 0 saturated carbocycles. The van der Waals surface area contributed by atoms with Gasteiger partial charge in [-0.3, -0.25) is 9.69 Å². The first-order valence-corrected chi connectivity index (χ1v) is 11.5. The Hall–Kier alpha value is -3.18. The van der Waals surface area contributed by atoms with Gasteiger partial charge in [0, 0.05) is 30.4 Å². The smallest absolute Gasteiger partial charge is 0.255 e. The molecule has 32 heavy (non-hydrogen) atoms. The van der Waals surface area contributed by atoms with Crippen LogP contribution in [0.4, 0.5) is 0 Å². The number of aryl methyl sites for hydroxylation is 2. The second kappa shape index (κ2) is 8.40. The molecule has 0 aromatic carbocycles. The number of likely N-dealkylation sites (tertiary alicyclic amines) is 1. The number of fused-ring (bicyclic) bond motifs is 2. The number of rotatable bonds is 3. The van der Waals surface area contributed by atoms with E-state index in [4.69, 9.17) is 0 Å². The molecule has 3 aliphatic rings.